The van der Waals surface area contributed by atoms with E-state index in [0.29, 0.717) is 39.6 Å². The SMILES string of the molecule is CCCOc1ccc(N2C(=O)NC(=O)/C(=C/c3cc(Br)c(OCC(=O)Nc4ccccc4OC)c(OCC)c3)C2=O)cc1OC. The van der Waals surface area contributed by atoms with E-state index in [2.05, 4.69) is 26.6 Å². The van der Waals surface area contributed by atoms with Crippen LogP contribution in [-0.2, 0) is 14.4 Å². The van der Waals surface area contributed by atoms with Crippen LogP contribution in [0.5, 0.6) is 28.7 Å². The first-order chi connectivity index (χ1) is 21.7. The van der Waals surface area contributed by atoms with Gasteiger partial charge in [-0.3, -0.25) is 19.7 Å². The third-order valence-electron chi connectivity index (χ3n) is 6.34. The van der Waals surface area contributed by atoms with Crippen molar-refractivity contribution in [2.45, 2.75) is 20.3 Å². The van der Waals surface area contributed by atoms with Crippen molar-refractivity contribution >= 4 is 57.1 Å². The molecule has 0 atom stereocenters. The molecule has 0 bridgehead atoms. The van der Waals surface area contributed by atoms with E-state index in [-0.39, 0.29) is 36.0 Å². The van der Waals surface area contributed by atoms with Crippen LogP contribution in [0.25, 0.3) is 6.08 Å². The van der Waals surface area contributed by atoms with Crippen LogP contribution in [0, 0.1) is 0 Å². The number of amides is 5. The molecule has 0 aliphatic carbocycles. The molecule has 3 aromatic carbocycles. The molecule has 0 radical (unpaired) electrons. The number of carbonyl (C=O) groups excluding carboxylic acids is 4. The molecule has 0 aromatic heterocycles. The van der Waals surface area contributed by atoms with Gasteiger partial charge in [-0.15, -0.1) is 0 Å². The first-order valence-corrected chi connectivity index (χ1v) is 14.7. The van der Waals surface area contributed by atoms with Gasteiger partial charge < -0.3 is 29.0 Å². The van der Waals surface area contributed by atoms with Crippen molar-refractivity contribution < 1.29 is 42.9 Å². The summed E-state index contributed by atoms with van der Waals surface area (Å²) in [5.41, 5.74) is 0.772. The average Bonchev–Trinajstić information content (AvgIpc) is 3.02. The van der Waals surface area contributed by atoms with Gasteiger partial charge in [0.25, 0.3) is 17.7 Å². The van der Waals surface area contributed by atoms with Crippen molar-refractivity contribution in [2.24, 2.45) is 0 Å². The van der Waals surface area contributed by atoms with Gasteiger partial charge in [-0.1, -0.05) is 19.1 Å². The van der Waals surface area contributed by atoms with E-state index in [4.69, 9.17) is 23.7 Å². The van der Waals surface area contributed by atoms with Gasteiger partial charge in [0, 0.05) is 6.07 Å². The first-order valence-electron chi connectivity index (χ1n) is 13.9. The van der Waals surface area contributed by atoms with E-state index < -0.39 is 23.8 Å². The molecular weight excluding hydrogens is 650 g/mol. The number of hydrogen-bond acceptors (Lipinski definition) is 9. The average molecular weight is 683 g/mol. The Morgan fingerprint density at radius 2 is 1.67 bits per heavy atom. The third kappa shape index (κ3) is 7.73. The maximum Gasteiger partial charge on any atom is 0.335 e. The van der Waals surface area contributed by atoms with Gasteiger partial charge in [0.2, 0.25) is 0 Å². The Balaban J connectivity index is 1.59. The van der Waals surface area contributed by atoms with Crippen molar-refractivity contribution in [1.29, 1.82) is 0 Å². The van der Waals surface area contributed by atoms with Gasteiger partial charge >= 0.3 is 6.03 Å². The fourth-order valence-corrected chi connectivity index (χ4v) is 4.91. The Labute approximate surface area is 268 Å². The molecular formula is C32H32BrN3O9. The van der Waals surface area contributed by atoms with Crippen molar-refractivity contribution in [3.05, 3.63) is 70.2 Å². The lowest BCUT2D eigenvalue weighted by Crippen LogP contribution is -2.54. The molecule has 0 unspecified atom stereocenters. The Morgan fingerprint density at radius 3 is 2.38 bits per heavy atom. The molecule has 1 aliphatic rings. The van der Waals surface area contributed by atoms with Crippen LogP contribution in [0.4, 0.5) is 16.2 Å². The maximum atomic E-state index is 13.5. The predicted octanol–water partition coefficient (Wildman–Crippen LogP) is 5.34. The first kappa shape index (κ1) is 32.9. The Kier molecular flexibility index (Phi) is 11.0. The number of barbiturate groups is 1. The van der Waals surface area contributed by atoms with Crippen LogP contribution >= 0.6 is 15.9 Å². The summed E-state index contributed by atoms with van der Waals surface area (Å²) in [5.74, 6) is -0.368. The molecule has 2 N–H and O–H groups in total. The lowest BCUT2D eigenvalue weighted by molar-refractivity contribution is -0.122. The van der Waals surface area contributed by atoms with E-state index in [0.717, 1.165) is 11.3 Å². The fraction of sp³-hybridized carbons (Fsp3) is 0.250. The minimum Gasteiger partial charge on any atom is -0.495 e. The van der Waals surface area contributed by atoms with Crippen LogP contribution in [0.1, 0.15) is 25.8 Å². The molecule has 5 amide bonds. The lowest BCUT2D eigenvalue weighted by Gasteiger charge is -2.27. The van der Waals surface area contributed by atoms with Crippen LogP contribution in [0.3, 0.4) is 0 Å². The highest BCUT2D eigenvalue weighted by Gasteiger charge is 2.37. The second kappa shape index (κ2) is 15.1. The van der Waals surface area contributed by atoms with Gasteiger partial charge in [0.15, 0.2) is 29.6 Å². The zero-order valence-corrected chi connectivity index (χ0v) is 26.7. The molecule has 0 spiro atoms. The fourth-order valence-electron chi connectivity index (χ4n) is 4.33. The second-order valence-corrected chi connectivity index (χ2v) is 10.3. The molecule has 3 aromatic rings. The monoisotopic (exact) mass is 681 g/mol. The molecule has 1 saturated heterocycles. The zero-order valence-electron chi connectivity index (χ0n) is 25.1. The van der Waals surface area contributed by atoms with Crippen molar-refractivity contribution in [3.8, 4) is 28.7 Å². The number of nitrogens with one attached hydrogen (secondary N) is 2. The third-order valence-corrected chi connectivity index (χ3v) is 6.93. The minimum atomic E-state index is -0.905. The number of nitrogens with zero attached hydrogens (tertiary/aromatic N) is 1. The summed E-state index contributed by atoms with van der Waals surface area (Å²) in [7, 11) is 2.95. The van der Waals surface area contributed by atoms with Crippen molar-refractivity contribution in [1.82, 2.24) is 5.32 Å². The summed E-state index contributed by atoms with van der Waals surface area (Å²) in [5, 5.41) is 4.94. The topological polar surface area (TPSA) is 142 Å². The van der Waals surface area contributed by atoms with Gasteiger partial charge in [0.1, 0.15) is 11.3 Å². The molecule has 1 aliphatic heterocycles. The quantitative estimate of drug-likeness (QED) is 0.181. The highest BCUT2D eigenvalue weighted by atomic mass is 79.9. The van der Waals surface area contributed by atoms with Gasteiger partial charge in [-0.2, -0.15) is 0 Å². The summed E-state index contributed by atoms with van der Waals surface area (Å²) in [4.78, 5) is 52.6. The van der Waals surface area contributed by atoms with Gasteiger partial charge in [-0.05, 0) is 77.3 Å². The number of anilines is 2. The summed E-state index contributed by atoms with van der Waals surface area (Å²) >= 11 is 3.44. The molecule has 4 rings (SSSR count). The number of benzene rings is 3. The molecule has 1 heterocycles. The highest BCUT2D eigenvalue weighted by Crippen LogP contribution is 2.38. The molecule has 1 fully saturated rings. The van der Waals surface area contributed by atoms with Crippen molar-refractivity contribution in [3.63, 3.8) is 0 Å². The Bertz CT molecular complexity index is 1640. The largest absolute Gasteiger partial charge is 0.495 e. The number of halogens is 1. The zero-order chi connectivity index (χ0) is 32.5. The van der Waals surface area contributed by atoms with Crippen LogP contribution < -0.4 is 39.2 Å². The van der Waals surface area contributed by atoms with Crippen LogP contribution in [-0.4, -0.2) is 57.8 Å². The Morgan fingerprint density at radius 1 is 0.911 bits per heavy atom. The van der Waals surface area contributed by atoms with E-state index in [1.165, 1.54) is 32.4 Å². The number of para-hydroxylation sites is 2. The molecule has 12 nitrogen and oxygen atoms in total. The number of methoxy groups -OCH3 is 2. The van der Waals surface area contributed by atoms with Crippen molar-refractivity contribution in [2.75, 3.05) is 44.3 Å². The normalized spacial score (nSPS) is 13.8. The van der Waals surface area contributed by atoms with Crippen LogP contribution in [0.15, 0.2) is 64.6 Å². The summed E-state index contributed by atoms with van der Waals surface area (Å²) < 4.78 is 28.2. The second-order valence-electron chi connectivity index (χ2n) is 9.44. The Hall–Kier alpha value is -5.04. The number of carbonyl (C=O) groups is 4. The van der Waals surface area contributed by atoms with E-state index in [9.17, 15) is 19.2 Å². The molecule has 45 heavy (non-hydrogen) atoms. The molecule has 236 valence electrons. The molecule has 13 heteroatoms. The number of rotatable bonds is 13. The van der Waals surface area contributed by atoms with E-state index in [1.807, 2.05) is 6.92 Å². The molecule has 0 saturated carbocycles. The summed E-state index contributed by atoms with van der Waals surface area (Å²) in [6.45, 7) is 4.10. The number of hydrogen-bond donors (Lipinski definition) is 2. The van der Waals surface area contributed by atoms with Gasteiger partial charge in [-0.25, -0.2) is 9.69 Å². The van der Waals surface area contributed by atoms with E-state index >= 15 is 0 Å². The number of imide groups is 2. The smallest absolute Gasteiger partial charge is 0.335 e. The number of urea groups is 1. The standard InChI is InChI=1S/C32H32BrN3O9/c1-5-13-44-25-12-11-20(17-26(25)42-4)36-31(39)21(30(38)35-32(36)40)14-19-15-22(33)29(27(16-19)43-6-2)45-18-28(37)34-23-9-7-8-10-24(23)41-3/h7-12,14-17H,5-6,13,18H2,1-4H3,(H,34,37)(H,35,38,40)/b21-14-. The predicted molar refractivity (Wildman–Crippen MR) is 170 cm³/mol. The van der Waals surface area contributed by atoms with Gasteiger partial charge in [0.05, 0.1) is 43.3 Å². The van der Waals surface area contributed by atoms with Crippen LogP contribution in [0.2, 0.25) is 0 Å². The maximum absolute atomic E-state index is 13.5. The summed E-state index contributed by atoms with van der Waals surface area (Å²) in [6.07, 6.45) is 2.11. The lowest BCUT2D eigenvalue weighted by atomic mass is 10.1. The number of ether oxygens (including phenoxy) is 5. The van der Waals surface area contributed by atoms with E-state index in [1.54, 1.807) is 49.4 Å². The summed E-state index contributed by atoms with van der Waals surface area (Å²) in [6, 6.07) is 13.8. The highest BCUT2D eigenvalue weighted by molar-refractivity contribution is 9.10. The minimum absolute atomic E-state index is 0.183.